The molecule has 12 aromatic carbocycles. The maximum atomic E-state index is 7.30. The van der Waals surface area contributed by atoms with Gasteiger partial charge in [-0.2, -0.15) is 0 Å². The summed E-state index contributed by atoms with van der Waals surface area (Å²) in [5.74, 6) is 0. The monoisotopic (exact) mass is 962 g/mol. The van der Waals surface area contributed by atoms with Crippen molar-refractivity contribution in [2.75, 3.05) is 9.80 Å². The average molecular weight is 963 g/mol. The van der Waals surface area contributed by atoms with Crippen LogP contribution in [0.1, 0.15) is 11.1 Å². The predicted octanol–water partition coefficient (Wildman–Crippen LogP) is 20.6. The van der Waals surface area contributed by atoms with Crippen LogP contribution in [0.5, 0.6) is 0 Å². The van der Waals surface area contributed by atoms with E-state index in [9.17, 15) is 0 Å². The van der Waals surface area contributed by atoms with E-state index >= 15 is 0 Å². The second kappa shape index (κ2) is 16.9. The lowest BCUT2D eigenvalue weighted by molar-refractivity contribution is 0.669. The molecule has 0 fully saturated rings. The highest BCUT2D eigenvalue weighted by Crippen LogP contribution is 2.52. The first-order valence-corrected chi connectivity index (χ1v) is 25.6. The fraction of sp³-hybridized carbons (Fsp3) is 0.0286. The molecule has 0 saturated carbocycles. The molecular formula is C70H46N2O3. The smallest absolute Gasteiger partial charge is 0.159 e. The summed E-state index contributed by atoms with van der Waals surface area (Å²) in [6.07, 6.45) is 0. The molecule has 15 rings (SSSR count). The molecule has 0 radical (unpaired) electrons. The molecule has 0 amide bonds. The summed E-state index contributed by atoms with van der Waals surface area (Å²) < 4.78 is 21.6. The molecule has 0 N–H and O–H groups in total. The van der Waals surface area contributed by atoms with Gasteiger partial charge in [0.05, 0.1) is 22.7 Å². The van der Waals surface area contributed by atoms with Gasteiger partial charge in [0.15, 0.2) is 11.2 Å². The van der Waals surface area contributed by atoms with Gasteiger partial charge in [0.25, 0.3) is 0 Å². The number of hydrogen-bond acceptors (Lipinski definition) is 5. The highest BCUT2D eigenvalue weighted by atomic mass is 16.3. The zero-order valence-corrected chi connectivity index (χ0v) is 41.2. The Labute approximate surface area is 432 Å². The number of rotatable bonds is 8. The van der Waals surface area contributed by atoms with Gasteiger partial charge in [0, 0.05) is 77.0 Å². The Bertz CT molecular complexity index is 4760. The number of fused-ring (bicyclic) bond motifs is 13. The fourth-order valence-electron chi connectivity index (χ4n) is 11.8. The van der Waals surface area contributed by atoms with Gasteiger partial charge >= 0.3 is 0 Å². The molecule has 354 valence electrons. The number of furan rings is 3. The maximum absolute atomic E-state index is 7.30. The molecule has 0 aliphatic carbocycles. The van der Waals surface area contributed by atoms with Crippen LogP contribution in [0.25, 0.3) is 110 Å². The lowest BCUT2D eigenvalue weighted by Gasteiger charge is -2.27. The third kappa shape index (κ3) is 6.71. The summed E-state index contributed by atoms with van der Waals surface area (Å²) in [7, 11) is 0. The molecule has 0 aliphatic rings. The first-order chi connectivity index (χ1) is 37.0. The van der Waals surface area contributed by atoms with Gasteiger partial charge in [-0.05, 0) is 84.0 Å². The molecule has 75 heavy (non-hydrogen) atoms. The van der Waals surface area contributed by atoms with Crippen LogP contribution in [0.2, 0.25) is 0 Å². The standard InChI is InChI=1S/C70H46N2O3/c1-43-19-13-25-47(39-43)71(60-37-17-35-57-55-33-15-31-49(66(55)74-69(57)60)45-21-5-3-6-22-45)62-41-59-65-53-29-11-9-27-51(53)63(42-64(65)73-68(59)54-30-12-10-28-52(54)62)72(48-26-14-20-44(2)40-48)61-38-18-36-58-56-34-16-32-50(67(56)75-70(58)61)46-23-7-4-8-24-46/h3-42H,1-2H3. The molecule has 0 spiro atoms. The van der Waals surface area contributed by atoms with E-state index in [4.69, 9.17) is 13.3 Å². The van der Waals surface area contributed by atoms with Crippen molar-refractivity contribution in [1.29, 1.82) is 0 Å². The van der Waals surface area contributed by atoms with Gasteiger partial charge in [0.1, 0.15) is 22.3 Å². The van der Waals surface area contributed by atoms with Crippen molar-refractivity contribution in [3.63, 3.8) is 0 Å². The number of benzene rings is 12. The molecule has 0 aliphatic heterocycles. The van der Waals surface area contributed by atoms with E-state index in [1.54, 1.807) is 0 Å². The summed E-state index contributed by atoms with van der Waals surface area (Å²) in [6, 6.07) is 86.4. The number of nitrogens with zero attached hydrogens (tertiary/aromatic N) is 2. The molecule has 0 unspecified atom stereocenters. The minimum atomic E-state index is 0.789. The molecule has 0 saturated heterocycles. The van der Waals surface area contributed by atoms with E-state index in [0.717, 1.165) is 155 Å². The van der Waals surface area contributed by atoms with Crippen LogP contribution in [0.3, 0.4) is 0 Å². The molecule has 15 aromatic rings. The summed E-state index contributed by atoms with van der Waals surface area (Å²) in [6.45, 7) is 4.30. The molecule has 5 heteroatoms. The zero-order chi connectivity index (χ0) is 49.7. The number of aryl methyl sites for hydroxylation is 2. The largest absolute Gasteiger partial charge is 0.455 e. The van der Waals surface area contributed by atoms with Crippen LogP contribution >= 0.6 is 0 Å². The van der Waals surface area contributed by atoms with Crippen molar-refractivity contribution < 1.29 is 13.3 Å². The Balaban J connectivity index is 0.994. The van der Waals surface area contributed by atoms with Crippen LogP contribution < -0.4 is 9.80 Å². The Morgan fingerprint density at radius 1 is 0.267 bits per heavy atom. The quantitative estimate of drug-likeness (QED) is 0.152. The topological polar surface area (TPSA) is 45.9 Å². The lowest BCUT2D eigenvalue weighted by atomic mass is 9.97. The number of anilines is 6. The second-order valence-electron chi connectivity index (χ2n) is 19.7. The van der Waals surface area contributed by atoms with Crippen molar-refractivity contribution >= 4 is 121 Å². The van der Waals surface area contributed by atoms with E-state index < -0.39 is 0 Å². The van der Waals surface area contributed by atoms with Crippen LogP contribution in [0.15, 0.2) is 256 Å². The molecule has 5 nitrogen and oxygen atoms in total. The normalized spacial score (nSPS) is 11.9. The minimum absolute atomic E-state index is 0.789. The molecule has 0 atom stereocenters. The third-order valence-electron chi connectivity index (χ3n) is 15.1. The SMILES string of the molecule is Cc1cccc(N(c2cc3c(oc4cc(N(c5cccc(C)c5)c5cccc6c5oc5c(-c7ccccc7)cccc56)c5ccccc5c43)c3ccccc23)c2cccc3c2oc2c(-c4ccccc4)cccc23)c1. The third-order valence-corrected chi connectivity index (χ3v) is 15.1. The highest BCUT2D eigenvalue weighted by Gasteiger charge is 2.28. The molecule has 3 aromatic heterocycles. The first-order valence-electron chi connectivity index (χ1n) is 25.6. The van der Waals surface area contributed by atoms with Crippen LogP contribution in [0, 0.1) is 13.8 Å². The van der Waals surface area contributed by atoms with Crippen molar-refractivity contribution in [2.24, 2.45) is 0 Å². The average Bonchev–Trinajstić information content (AvgIpc) is 4.24. The zero-order valence-electron chi connectivity index (χ0n) is 41.2. The Morgan fingerprint density at radius 3 is 1.19 bits per heavy atom. The number of hydrogen-bond donors (Lipinski definition) is 0. The van der Waals surface area contributed by atoms with Crippen LogP contribution in [-0.4, -0.2) is 0 Å². The van der Waals surface area contributed by atoms with E-state index in [1.165, 1.54) is 0 Å². The molecule has 3 heterocycles. The molecule has 0 bridgehead atoms. The Morgan fingerprint density at radius 2 is 0.667 bits per heavy atom. The van der Waals surface area contributed by atoms with E-state index in [-0.39, 0.29) is 0 Å². The Hall–Kier alpha value is -9.84. The highest BCUT2D eigenvalue weighted by molar-refractivity contribution is 6.28. The first kappa shape index (κ1) is 42.8. The summed E-state index contributed by atoms with van der Waals surface area (Å²) in [5, 5.41) is 10.6. The van der Waals surface area contributed by atoms with Crippen molar-refractivity contribution in [1.82, 2.24) is 0 Å². The van der Waals surface area contributed by atoms with Crippen LogP contribution in [0.4, 0.5) is 34.1 Å². The van der Waals surface area contributed by atoms with Crippen molar-refractivity contribution in [3.8, 4) is 22.3 Å². The maximum Gasteiger partial charge on any atom is 0.159 e. The van der Waals surface area contributed by atoms with Gasteiger partial charge in [-0.25, -0.2) is 0 Å². The van der Waals surface area contributed by atoms with E-state index in [2.05, 4.69) is 266 Å². The van der Waals surface area contributed by atoms with Crippen molar-refractivity contribution in [2.45, 2.75) is 13.8 Å². The predicted molar refractivity (Wildman–Crippen MR) is 313 cm³/mol. The van der Waals surface area contributed by atoms with Crippen LogP contribution in [-0.2, 0) is 0 Å². The van der Waals surface area contributed by atoms with Gasteiger partial charge < -0.3 is 23.1 Å². The van der Waals surface area contributed by atoms with Crippen molar-refractivity contribution in [3.05, 3.63) is 254 Å². The van der Waals surface area contributed by atoms with Gasteiger partial charge in [-0.15, -0.1) is 0 Å². The number of para-hydroxylation sites is 4. The van der Waals surface area contributed by atoms with E-state index in [0.29, 0.717) is 0 Å². The summed E-state index contributed by atoms with van der Waals surface area (Å²) in [4.78, 5) is 4.74. The second-order valence-corrected chi connectivity index (χ2v) is 19.7. The van der Waals surface area contributed by atoms with E-state index in [1.807, 2.05) is 0 Å². The van der Waals surface area contributed by atoms with Gasteiger partial charge in [-0.1, -0.05) is 194 Å². The molecular weight excluding hydrogens is 917 g/mol. The Kier molecular flexibility index (Phi) is 9.63. The van der Waals surface area contributed by atoms with Gasteiger partial charge in [-0.3, -0.25) is 0 Å². The fourth-order valence-corrected chi connectivity index (χ4v) is 11.8. The lowest BCUT2D eigenvalue weighted by Crippen LogP contribution is -2.11. The van der Waals surface area contributed by atoms with Gasteiger partial charge in [0.2, 0.25) is 0 Å². The summed E-state index contributed by atoms with van der Waals surface area (Å²) in [5.41, 5.74) is 17.6. The minimum Gasteiger partial charge on any atom is -0.455 e. The summed E-state index contributed by atoms with van der Waals surface area (Å²) >= 11 is 0.